The molecule has 0 aliphatic carbocycles. The van der Waals surface area contributed by atoms with Crippen molar-refractivity contribution in [3.63, 3.8) is 0 Å². The second-order valence-corrected chi connectivity index (χ2v) is 7.86. The molecule has 0 amide bonds. The van der Waals surface area contributed by atoms with E-state index in [1.54, 1.807) is 0 Å². The van der Waals surface area contributed by atoms with E-state index in [0.29, 0.717) is 10.6 Å². The van der Waals surface area contributed by atoms with E-state index < -0.39 is 10.0 Å². The number of Topliss-reactive ketones (excluding diaryl/α,β-unsaturated/α-hetero) is 1. The highest BCUT2D eigenvalue weighted by Crippen LogP contribution is 2.21. The lowest BCUT2D eigenvalue weighted by Crippen LogP contribution is -2.23. The third kappa shape index (κ3) is 3.47. The average molecular weight is 346 g/mol. The number of fused-ring (bicyclic) bond motifs is 1. The van der Waals surface area contributed by atoms with E-state index in [1.165, 1.54) is 42.5 Å². The molecule has 0 aliphatic rings. The number of carbonyl (C=O) groups excluding carboxylic acids is 1. The molecule has 2 aromatic carbocycles. The van der Waals surface area contributed by atoms with E-state index in [-0.39, 0.29) is 17.2 Å². The number of nitrogens with zero attached hydrogens (tertiary/aromatic N) is 1. The Labute approximate surface area is 138 Å². The van der Waals surface area contributed by atoms with Crippen molar-refractivity contribution in [2.45, 2.75) is 18.4 Å². The lowest BCUT2D eigenvalue weighted by atomic mass is 10.2. The second-order valence-electron chi connectivity index (χ2n) is 4.98. The normalized spacial score (nSPS) is 11.7. The molecule has 118 valence electrons. The van der Waals surface area contributed by atoms with Gasteiger partial charge in [0, 0.05) is 5.56 Å². The molecule has 0 fully saturated rings. The topological polar surface area (TPSA) is 76.1 Å². The summed E-state index contributed by atoms with van der Waals surface area (Å²) in [7, 11) is -3.63. The van der Waals surface area contributed by atoms with Gasteiger partial charge in [0.1, 0.15) is 5.01 Å². The number of nitrogens with one attached hydrogen (secondary N) is 1. The highest BCUT2D eigenvalue weighted by atomic mass is 32.2. The molecule has 0 saturated carbocycles. The molecule has 0 bridgehead atoms. The molecule has 0 saturated heterocycles. The number of benzene rings is 2. The average Bonchev–Trinajstić information content (AvgIpc) is 2.96. The van der Waals surface area contributed by atoms with Crippen LogP contribution in [0, 0.1) is 0 Å². The summed E-state index contributed by atoms with van der Waals surface area (Å²) in [6, 6.07) is 13.5. The van der Waals surface area contributed by atoms with Crippen LogP contribution in [-0.4, -0.2) is 19.2 Å². The van der Waals surface area contributed by atoms with E-state index in [9.17, 15) is 13.2 Å². The maximum Gasteiger partial charge on any atom is 0.240 e. The van der Waals surface area contributed by atoms with Crippen LogP contribution in [0.4, 0.5) is 0 Å². The van der Waals surface area contributed by atoms with Crippen molar-refractivity contribution in [2.75, 3.05) is 0 Å². The molecule has 0 spiro atoms. The minimum atomic E-state index is -3.63. The Kier molecular flexibility index (Phi) is 4.25. The Morgan fingerprint density at radius 3 is 2.48 bits per heavy atom. The van der Waals surface area contributed by atoms with Crippen LogP contribution < -0.4 is 4.72 Å². The number of sulfonamides is 1. The number of para-hydroxylation sites is 1. The SMILES string of the molecule is CC(=O)c1ccc(S(=O)(=O)NCc2nc3ccccc3s2)cc1. The lowest BCUT2D eigenvalue weighted by molar-refractivity contribution is 0.101. The Balaban J connectivity index is 1.76. The Morgan fingerprint density at radius 2 is 1.83 bits per heavy atom. The van der Waals surface area contributed by atoms with Crippen molar-refractivity contribution < 1.29 is 13.2 Å². The number of aromatic nitrogens is 1. The van der Waals surface area contributed by atoms with Crippen LogP contribution in [0.3, 0.4) is 0 Å². The zero-order chi connectivity index (χ0) is 16.4. The lowest BCUT2D eigenvalue weighted by Gasteiger charge is -2.05. The van der Waals surface area contributed by atoms with Gasteiger partial charge in [-0.3, -0.25) is 4.79 Å². The van der Waals surface area contributed by atoms with Crippen LogP contribution in [0.5, 0.6) is 0 Å². The summed E-state index contributed by atoms with van der Waals surface area (Å²) in [6.07, 6.45) is 0. The van der Waals surface area contributed by atoms with Gasteiger partial charge in [0.25, 0.3) is 0 Å². The van der Waals surface area contributed by atoms with E-state index in [1.807, 2.05) is 24.3 Å². The molecule has 0 radical (unpaired) electrons. The fourth-order valence-corrected chi connectivity index (χ4v) is 4.09. The molecule has 5 nitrogen and oxygen atoms in total. The smallest absolute Gasteiger partial charge is 0.240 e. The van der Waals surface area contributed by atoms with Gasteiger partial charge >= 0.3 is 0 Å². The molecule has 3 rings (SSSR count). The number of rotatable bonds is 5. The number of carbonyl (C=O) groups is 1. The first-order chi connectivity index (χ1) is 11.0. The number of ketones is 1. The molecule has 3 aromatic rings. The van der Waals surface area contributed by atoms with Crippen molar-refractivity contribution in [3.05, 3.63) is 59.1 Å². The Bertz CT molecular complexity index is 927. The monoisotopic (exact) mass is 346 g/mol. The van der Waals surface area contributed by atoms with E-state index in [2.05, 4.69) is 9.71 Å². The van der Waals surface area contributed by atoms with Crippen LogP contribution in [0.25, 0.3) is 10.2 Å². The minimum absolute atomic E-state index is 0.101. The van der Waals surface area contributed by atoms with Gasteiger partial charge in [-0.1, -0.05) is 24.3 Å². The zero-order valence-electron chi connectivity index (χ0n) is 12.3. The Hall–Kier alpha value is -2.09. The highest BCUT2D eigenvalue weighted by Gasteiger charge is 2.15. The molecule has 0 atom stereocenters. The number of thiazole rings is 1. The van der Waals surface area contributed by atoms with Crippen molar-refractivity contribution in [1.29, 1.82) is 0 Å². The van der Waals surface area contributed by atoms with Crippen molar-refractivity contribution in [1.82, 2.24) is 9.71 Å². The molecule has 23 heavy (non-hydrogen) atoms. The molecular formula is C16H14N2O3S2. The highest BCUT2D eigenvalue weighted by molar-refractivity contribution is 7.89. The summed E-state index contributed by atoms with van der Waals surface area (Å²) in [6.45, 7) is 1.57. The largest absolute Gasteiger partial charge is 0.295 e. The van der Waals surface area contributed by atoms with Gasteiger partial charge in [-0.25, -0.2) is 18.1 Å². The van der Waals surface area contributed by atoms with Crippen molar-refractivity contribution in [2.24, 2.45) is 0 Å². The number of hydrogen-bond acceptors (Lipinski definition) is 5. The first-order valence-corrected chi connectivity index (χ1v) is 9.21. The van der Waals surface area contributed by atoms with Gasteiger partial charge in [-0.2, -0.15) is 0 Å². The zero-order valence-corrected chi connectivity index (χ0v) is 13.9. The van der Waals surface area contributed by atoms with Gasteiger partial charge in [0.15, 0.2) is 5.78 Å². The standard InChI is InChI=1S/C16H14N2O3S2/c1-11(19)12-6-8-13(9-7-12)23(20,21)17-10-16-18-14-4-2-3-5-15(14)22-16/h2-9,17H,10H2,1H3. The van der Waals surface area contributed by atoms with E-state index >= 15 is 0 Å². The predicted octanol–water partition coefficient (Wildman–Crippen LogP) is 2.98. The van der Waals surface area contributed by atoms with Crippen LogP contribution in [0.15, 0.2) is 53.4 Å². The summed E-state index contributed by atoms with van der Waals surface area (Å²) in [5, 5.41) is 0.704. The van der Waals surface area contributed by atoms with E-state index in [0.717, 1.165) is 10.2 Å². The van der Waals surface area contributed by atoms with Crippen LogP contribution >= 0.6 is 11.3 Å². The second kappa shape index (κ2) is 6.19. The molecule has 1 N–H and O–H groups in total. The molecule has 7 heteroatoms. The van der Waals surface area contributed by atoms with Gasteiger partial charge in [-0.05, 0) is 31.2 Å². The van der Waals surface area contributed by atoms with Gasteiger partial charge < -0.3 is 0 Å². The van der Waals surface area contributed by atoms with Crippen molar-refractivity contribution >= 4 is 37.4 Å². The summed E-state index contributed by atoms with van der Waals surface area (Å²) < 4.78 is 28.1. The summed E-state index contributed by atoms with van der Waals surface area (Å²) >= 11 is 1.46. The molecule has 1 heterocycles. The third-order valence-electron chi connectivity index (χ3n) is 3.32. The van der Waals surface area contributed by atoms with Crippen LogP contribution in [0.2, 0.25) is 0 Å². The van der Waals surface area contributed by atoms with Crippen LogP contribution in [-0.2, 0) is 16.6 Å². The van der Waals surface area contributed by atoms with Crippen LogP contribution in [0.1, 0.15) is 22.3 Å². The molecule has 1 aromatic heterocycles. The molecule has 0 aliphatic heterocycles. The van der Waals surface area contributed by atoms with Gasteiger partial charge in [0.05, 0.1) is 21.7 Å². The number of hydrogen-bond donors (Lipinski definition) is 1. The predicted molar refractivity (Wildman–Crippen MR) is 90.1 cm³/mol. The van der Waals surface area contributed by atoms with Gasteiger partial charge in [-0.15, -0.1) is 11.3 Å². The first kappa shape index (κ1) is 15.8. The molecular weight excluding hydrogens is 332 g/mol. The maximum absolute atomic E-state index is 12.3. The van der Waals surface area contributed by atoms with Crippen molar-refractivity contribution in [3.8, 4) is 0 Å². The summed E-state index contributed by atoms with van der Waals surface area (Å²) in [4.78, 5) is 15.8. The van der Waals surface area contributed by atoms with Gasteiger partial charge in [0.2, 0.25) is 10.0 Å². The first-order valence-electron chi connectivity index (χ1n) is 6.91. The molecule has 0 unspecified atom stereocenters. The quantitative estimate of drug-likeness (QED) is 0.721. The third-order valence-corrected chi connectivity index (χ3v) is 5.78. The summed E-state index contributed by atoms with van der Waals surface area (Å²) in [5.74, 6) is -0.101. The maximum atomic E-state index is 12.3. The summed E-state index contributed by atoms with van der Waals surface area (Å²) in [5.41, 5.74) is 1.34. The minimum Gasteiger partial charge on any atom is -0.295 e. The van der Waals surface area contributed by atoms with E-state index in [4.69, 9.17) is 0 Å². The fraction of sp³-hybridized carbons (Fsp3) is 0.125. The fourth-order valence-electron chi connectivity index (χ4n) is 2.10. The Morgan fingerprint density at radius 1 is 1.13 bits per heavy atom.